The first-order valence-electron chi connectivity index (χ1n) is 9.17. The molecule has 0 bridgehead atoms. The lowest BCUT2D eigenvalue weighted by molar-refractivity contribution is -0.127. The molecule has 0 saturated heterocycles. The fourth-order valence-corrected chi connectivity index (χ4v) is 3.72. The normalized spacial score (nSPS) is 17.0. The first-order chi connectivity index (χ1) is 12.1. The fraction of sp³-hybridized carbons (Fsp3) is 0.409. The molecular formula is C22H27NO2. The Balaban J connectivity index is 1.65. The zero-order valence-corrected chi connectivity index (χ0v) is 15.1. The van der Waals surface area contributed by atoms with Gasteiger partial charge in [0.2, 0.25) is 5.91 Å². The highest BCUT2D eigenvalue weighted by atomic mass is 16.5. The number of carbonyl (C=O) groups is 1. The average molecular weight is 337 g/mol. The number of nitrogens with one attached hydrogen (secondary N) is 1. The van der Waals surface area contributed by atoms with Crippen molar-refractivity contribution in [2.75, 3.05) is 6.61 Å². The van der Waals surface area contributed by atoms with Crippen LogP contribution in [0.4, 0.5) is 0 Å². The summed E-state index contributed by atoms with van der Waals surface area (Å²) in [7, 11) is 0. The third-order valence-electron chi connectivity index (χ3n) is 5.18. The Morgan fingerprint density at radius 2 is 1.72 bits per heavy atom. The van der Waals surface area contributed by atoms with E-state index < -0.39 is 0 Å². The first-order valence-corrected chi connectivity index (χ1v) is 9.17. The summed E-state index contributed by atoms with van der Waals surface area (Å²) in [6.07, 6.45) is 4.06. The molecule has 0 aromatic heterocycles. The molecule has 25 heavy (non-hydrogen) atoms. The molecule has 1 atom stereocenters. The van der Waals surface area contributed by atoms with Crippen LogP contribution in [0.5, 0.6) is 5.75 Å². The third kappa shape index (κ3) is 3.87. The summed E-state index contributed by atoms with van der Waals surface area (Å²) < 4.78 is 5.89. The number of aryl methyl sites for hydroxylation is 1. The van der Waals surface area contributed by atoms with Crippen LogP contribution in [-0.4, -0.2) is 18.6 Å². The van der Waals surface area contributed by atoms with Crippen molar-refractivity contribution in [3.8, 4) is 5.75 Å². The Hall–Kier alpha value is -2.29. The topological polar surface area (TPSA) is 38.3 Å². The van der Waals surface area contributed by atoms with Gasteiger partial charge in [-0.2, -0.15) is 0 Å². The Kier molecular flexibility index (Phi) is 5.42. The van der Waals surface area contributed by atoms with E-state index in [0.29, 0.717) is 6.61 Å². The molecule has 132 valence electrons. The van der Waals surface area contributed by atoms with E-state index in [1.807, 2.05) is 56.3 Å². The number of hydrogen-bond acceptors (Lipinski definition) is 2. The third-order valence-corrected chi connectivity index (χ3v) is 5.18. The van der Waals surface area contributed by atoms with Crippen molar-refractivity contribution >= 4 is 5.91 Å². The van der Waals surface area contributed by atoms with Crippen molar-refractivity contribution in [2.24, 2.45) is 0 Å². The van der Waals surface area contributed by atoms with E-state index in [0.717, 1.165) is 42.6 Å². The number of amides is 1. The van der Waals surface area contributed by atoms with Crippen LogP contribution in [0.3, 0.4) is 0 Å². The summed E-state index contributed by atoms with van der Waals surface area (Å²) in [5.74, 6) is 1.01. The largest absolute Gasteiger partial charge is 0.491 e. The van der Waals surface area contributed by atoms with Gasteiger partial charge in [0.15, 0.2) is 0 Å². The van der Waals surface area contributed by atoms with Crippen molar-refractivity contribution in [2.45, 2.75) is 51.0 Å². The molecule has 0 radical (unpaired) electrons. The summed E-state index contributed by atoms with van der Waals surface area (Å²) in [5.41, 5.74) is 1.87. The number of carbonyl (C=O) groups excluding carboxylic acids is 1. The minimum atomic E-state index is -0.377. The highest BCUT2D eigenvalue weighted by molar-refractivity contribution is 5.88. The van der Waals surface area contributed by atoms with Crippen molar-refractivity contribution in [1.82, 2.24) is 5.32 Å². The summed E-state index contributed by atoms with van der Waals surface area (Å²) in [4.78, 5) is 13.1. The monoisotopic (exact) mass is 337 g/mol. The van der Waals surface area contributed by atoms with Crippen molar-refractivity contribution in [3.05, 3.63) is 65.7 Å². The number of hydrogen-bond donors (Lipinski definition) is 1. The van der Waals surface area contributed by atoms with Crippen molar-refractivity contribution in [1.29, 1.82) is 0 Å². The highest BCUT2D eigenvalue weighted by Gasteiger charge is 2.42. The predicted molar refractivity (Wildman–Crippen MR) is 101 cm³/mol. The van der Waals surface area contributed by atoms with Crippen LogP contribution in [0.15, 0.2) is 54.6 Å². The van der Waals surface area contributed by atoms with E-state index in [9.17, 15) is 4.79 Å². The molecule has 0 aliphatic heterocycles. The number of ether oxygens (including phenoxy) is 1. The predicted octanol–water partition coefficient (Wildman–Crippen LogP) is 4.39. The van der Waals surface area contributed by atoms with Gasteiger partial charge < -0.3 is 10.1 Å². The van der Waals surface area contributed by atoms with Gasteiger partial charge in [0.25, 0.3) is 0 Å². The second kappa shape index (κ2) is 7.73. The van der Waals surface area contributed by atoms with Crippen LogP contribution < -0.4 is 10.1 Å². The van der Waals surface area contributed by atoms with Gasteiger partial charge in [-0.3, -0.25) is 4.79 Å². The molecule has 3 heteroatoms. The lowest BCUT2D eigenvalue weighted by Gasteiger charge is -2.30. The summed E-state index contributed by atoms with van der Waals surface area (Å²) in [5, 5.41) is 3.19. The quantitative estimate of drug-likeness (QED) is 0.849. The maximum absolute atomic E-state index is 13.1. The fourth-order valence-electron chi connectivity index (χ4n) is 3.72. The van der Waals surface area contributed by atoms with Crippen LogP contribution in [0.1, 0.15) is 43.7 Å². The van der Waals surface area contributed by atoms with Gasteiger partial charge in [0.05, 0.1) is 11.5 Å². The number of benzene rings is 2. The maximum atomic E-state index is 13.1. The molecule has 0 spiro atoms. The Bertz CT molecular complexity index is 705. The van der Waals surface area contributed by atoms with Gasteiger partial charge in [0.1, 0.15) is 12.4 Å². The van der Waals surface area contributed by atoms with Crippen LogP contribution in [-0.2, 0) is 10.2 Å². The molecule has 1 saturated carbocycles. The Labute approximate surface area is 150 Å². The standard InChI is InChI=1S/C22H27NO2/c1-17-10-6-7-13-20(17)25-16-18(2)23-21(24)22(14-8-9-15-22)19-11-4-3-5-12-19/h3-7,10-13,18H,8-9,14-16H2,1-2H3,(H,23,24)/t18-/m0/s1. The molecule has 1 amide bonds. The molecule has 1 aliphatic carbocycles. The molecule has 1 N–H and O–H groups in total. The zero-order valence-electron chi connectivity index (χ0n) is 15.1. The Morgan fingerprint density at radius 3 is 2.40 bits per heavy atom. The molecule has 1 aliphatic rings. The van der Waals surface area contributed by atoms with E-state index in [1.165, 1.54) is 0 Å². The molecule has 0 unspecified atom stereocenters. The number of para-hydroxylation sites is 1. The van der Waals surface area contributed by atoms with Gasteiger partial charge in [0, 0.05) is 0 Å². The van der Waals surface area contributed by atoms with Crippen LogP contribution in [0.2, 0.25) is 0 Å². The summed E-state index contributed by atoms with van der Waals surface area (Å²) >= 11 is 0. The second-order valence-electron chi connectivity index (χ2n) is 7.11. The zero-order chi connectivity index (χ0) is 17.7. The smallest absolute Gasteiger partial charge is 0.230 e. The van der Waals surface area contributed by atoms with E-state index in [4.69, 9.17) is 4.74 Å². The molecule has 3 nitrogen and oxygen atoms in total. The van der Waals surface area contributed by atoms with Gasteiger partial charge >= 0.3 is 0 Å². The van der Waals surface area contributed by atoms with Gasteiger partial charge in [-0.05, 0) is 43.9 Å². The second-order valence-corrected chi connectivity index (χ2v) is 7.11. The Morgan fingerprint density at radius 1 is 1.08 bits per heavy atom. The minimum Gasteiger partial charge on any atom is -0.491 e. The average Bonchev–Trinajstić information content (AvgIpc) is 3.13. The van der Waals surface area contributed by atoms with Gasteiger partial charge in [-0.15, -0.1) is 0 Å². The van der Waals surface area contributed by atoms with E-state index in [1.54, 1.807) is 0 Å². The molecule has 2 aromatic carbocycles. The lowest BCUT2D eigenvalue weighted by atomic mass is 9.78. The van der Waals surface area contributed by atoms with Gasteiger partial charge in [-0.25, -0.2) is 0 Å². The van der Waals surface area contributed by atoms with Gasteiger partial charge in [-0.1, -0.05) is 61.4 Å². The molecule has 3 rings (SSSR count). The van der Waals surface area contributed by atoms with Crippen molar-refractivity contribution < 1.29 is 9.53 Å². The highest BCUT2D eigenvalue weighted by Crippen LogP contribution is 2.41. The molecule has 1 fully saturated rings. The van der Waals surface area contributed by atoms with E-state index in [-0.39, 0.29) is 17.4 Å². The maximum Gasteiger partial charge on any atom is 0.230 e. The van der Waals surface area contributed by atoms with Crippen LogP contribution in [0, 0.1) is 6.92 Å². The van der Waals surface area contributed by atoms with Crippen molar-refractivity contribution in [3.63, 3.8) is 0 Å². The van der Waals surface area contributed by atoms with Crippen LogP contribution in [0.25, 0.3) is 0 Å². The van der Waals surface area contributed by atoms with Crippen LogP contribution >= 0.6 is 0 Å². The lowest BCUT2D eigenvalue weighted by Crippen LogP contribution is -2.47. The number of rotatable bonds is 6. The molecular weight excluding hydrogens is 310 g/mol. The SMILES string of the molecule is Cc1ccccc1OC[C@H](C)NC(=O)C1(c2ccccc2)CCCC1. The summed E-state index contributed by atoms with van der Waals surface area (Å²) in [6, 6.07) is 18.1. The van der Waals surface area contributed by atoms with E-state index in [2.05, 4.69) is 17.4 Å². The summed E-state index contributed by atoms with van der Waals surface area (Å²) in [6.45, 7) is 4.51. The molecule has 0 heterocycles. The first kappa shape index (κ1) is 17.5. The van der Waals surface area contributed by atoms with E-state index >= 15 is 0 Å². The minimum absolute atomic E-state index is 0.0340. The molecule has 2 aromatic rings.